The van der Waals surface area contributed by atoms with Gasteiger partial charge in [0.25, 0.3) is 0 Å². The zero-order valence-corrected chi connectivity index (χ0v) is 11.6. The number of carbonyl (C=O) groups is 1. The van der Waals surface area contributed by atoms with Gasteiger partial charge < -0.3 is 10.6 Å². The van der Waals surface area contributed by atoms with Crippen molar-refractivity contribution in [1.82, 2.24) is 10.2 Å². The minimum Gasteiger partial charge on any atom is -0.366 e. The van der Waals surface area contributed by atoms with E-state index in [4.69, 9.17) is 0 Å². The summed E-state index contributed by atoms with van der Waals surface area (Å²) in [7, 11) is 0. The van der Waals surface area contributed by atoms with Gasteiger partial charge >= 0.3 is 0 Å². The van der Waals surface area contributed by atoms with Crippen molar-refractivity contribution in [3.05, 3.63) is 12.1 Å². The van der Waals surface area contributed by atoms with E-state index in [-0.39, 0.29) is 5.91 Å². The number of hydrogen-bond acceptors (Lipinski definition) is 4. The third-order valence-corrected chi connectivity index (χ3v) is 3.23. The summed E-state index contributed by atoms with van der Waals surface area (Å²) >= 11 is 0. The second-order valence-corrected chi connectivity index (χ2v) is 5.58. The molecule has 5 nitrogen and oxygen atoms in total. The number of nitrogens with one attached hydrogen (secondary N) is 2. The second-order valence-electron chi connectivity index (χ2n) is 5.58. The van der Waals surface area contributed by atoms with Crippen LogP contribution in [0.2, 0.25) is 0 Å². The van der Waals surface area contributed by atoms with E-state index in [0.717, 1.165) is 5.82 Å². The molecule has 1 heterocycles. The van der Waals surface area contributed by atoms with Gasteiger partial charge in [-0.25, -0.2) is 0 Å². The summed E-state index contributed by atoms with van der Waals surface area (Å²) in [5.74, 6) is 1.63. The van der Waals surface area contributed by atoms with E-state index in [9.17, 15) is 4.79 Å². The molecule has 0 radical (unpaired) electrons. The molecule has 1 aliphatic rings. The molecule has 2 N–H and O–H groups in total. The van der Waals surface area contributed by atoms with E-state index in [2.05, 4.69) is 20.8 Å². The molecule has 0 aliphatic heterocycles. The molecule has 1 aromatic rings. The lowest BCUT2D eigenvalue weighted by Gasteiger charge is -2.12. The van der Waals surface area contributed by atoms with E-state index >= 15 is 0 Å². The van der Waals surface area contributed by atoms with Crippen molar-refractivity contribution in [2.24, 2.45) is 5.92 Å². The highest BCUT2D eigenvalue weighted by Crippen LogP contribution is 2.21. The maximum Gasteiger partial charge on any atom is 0.225 e. The van der Waals surface area contributed by atoms with Crippen molar-refractivity contribution in [1.29, 1.82) is 0 Å². The molecule has 0 bridgehead atoms. The zero-order chi connectivity index (χ0) is 13.7. The second kappa shape index (κ2) is 6.50. The summed E-state index contributed by atoms with van der Waals surface area (Å²) in [6.07, 6.45) is 5.48. The molecule has 0 unspecified atom stereocenters. The monoisotopic (exact) mass is 262 g/mol. The number of aromatic nitrogens is 2. The molecule has 19 heavy (non-hydrogen) atoms. The molecule has 0 aromatic carbocycles. The standard InChI is InChI=1S/C14H22N4O/c1-10(2)9-14(19)16-13-8-7-12(17-18-13)15-11-5-3-4-6-11/h7-8,10-11H,3-6,9H2,1-2H3,(H,15,17)(H,16,18,19). The summed E-state index contributed by atoms with van der Waals surface area (Å²) in [6, 6.07) is 4.19. The zero-order valence-electron chi connectivity index (χ0n) is 11.6. The van der Waals surface area contributed by atoms with Gasteiger partial charge in [0.05, 0.1) is 0 Å². The largest absolute Gasteiger partial charge is 0.366 e. The topological polar surface area (TPSA) is 66.9 Å². The fraction of sp³-hybridized carbons (Fsp3) is 0.643. The van der Waals surface area contributed by atoms with Gasteiger partial charge in [-0.2, -0.15) is 0 Å². The lowest BCUT2D eigenvalue weighted by atomic mass is 10.1. The summed E-state index contributed by atoms with van der Waals surface area (Å²) < 4.78 is 0. The van der Waals surface area contributed by atoms with Crippen molar-refractivity contribution in [2.75, 3.05) is 10.6 Å². The van der Waals surface area contributed by atoms with E-state index in [1.165, 1.54) is 25.7 Å². The van der Waals surface area contributed by atoms with Gasteiger partial charge in [-0.15, -0.1) is 10.2 Å². The van der Waals surface area contributed by atoms with Gasteiger partial charge in [0.15, 0.2) is 5.82 Å². The Morgan fingerprint density at radius 3 is 2.47 bits per heavy atom. The molecule has 5 heteroatoms. The average Bonchev–Trinajstić information content (AvgIpc) is 2.83. The number of nitrogens with zero attached hydrogens (tertiary/aromatic N) is 2. The van der Waals surface area contributed by atoms with Crippen molar-refractivity contribution in [3.8, 4) is 0 Å². The third-order valence-electron chi connectivity index (χ3n) is 3.23. The van der Waals surface area contributed by atoms with Crippen LogP contribution in [0.5, 0.6) is 0 Å². The highest BCUT2D eigenvalue weighted by atomic mass is 16.1. The molecule has 1 aromatic heterocycles. The first-order valence-electron chi connectivity index (χ1n) is 7.03. The SMILES string of the molecule is CC(C)CC(=O)Nc1ccc(NC2CCCC2)nn1. The lowest BCUT2D eigenvalue weighted by Crippen LogP contribution is -2.17. The highest BCUT2D eigenvalue weighted by Gasteiger charge is 2.15. The molecule has 0 saturated heterocycles. The molecule has 1 amide bonds. The van der Waals surface area contributed by atoms with Gasteiger partial charge in [0.1, 0.15) is 5.82 Å². The van der Waals surface area contributed by atoms with Crippen LogP contribution in [0.25, 0.3) is 0 Å². The predicted octanol–water partition coefficient (Wildman–Crippen LogP) is 2.82. The first kappa shape index (κ1) is 13.8. The van der Waals surface area contributed by atoms with Crippen LogP contribution in [0.15, 0.2) is 12.1 Å². The van der Waals surface area contributed by atoms with Crippen LogP contribution in [0.4, 0.5) is 11.6 Å². The van der Waals surface area contributed by atoms with Gasteiger partial charge in [-0.1, -0.05) is 26.7 Å². The number of hydrogen-bond donors (Lipinski definition) is 2. The van der Waals surface area contributed by atoms with Crippen LogP contribution in [0.3, 0.4) is 0 Å². The Balaban J connectivity index is 1.85. The summed E-state index contributed by atoms with van der Waals surface area (Å²) in [4.78, 5) is 11.6. The molecule has 0 spiro atoms. The molecular weight excluding hydrogens is 240 g/mol. The molecule has 2 rings (SSSR count). The maximum atomic E-state index is 11.6. The van der Waals surface area contributed by atoms with Gasteiger partial charge in [-0.05, 0) is 30.9 Å². The number of anilines is 2. The minimum absolute atomic E-state index is 0.0131. The molecule has 1 fully saturated rings. The van der Waals surface area contributed by atoms with Gasteiger partial charge in [0.2, 0.25) is 5.91 Å². The van der Waals surface area contributed by atoms with Crippen LogP contribution >= 0.6 is 0 Å². The van der Waals surface area contributed by atoms with E-state index < -0.39 is 0 Å². The number of amides is 1. The normalized spacial score (nSPS) is 15.7. The Morgan fingerprint density at radius 2 is 1.89 bits per heavy atom. The average molecular weight is 262 g/mol. The van der Waals surface area contributed by atoms with Crippen molar-refractivity contribution >= 4 is 17.5 Å². The summed E-state index contributed by atoms with van der Waals surface area (Å²) in [5.41, 5.74) is 0. The summed E-state index contributed by atoms with van der Waals surface area (Å²) in [6.45, 7) is 4.03. The third kappa shape index (κ3) is 4.50. The Labute approximate surface area is 114 Å². The minimum atomic E-state index is -0.0131. The smallest absolute Gasteiger partial charge is 0.225 e. The van der Waals surface area contributed by atoms with Gasteiger partial charge in [-0.3, -0.25) is 4.79 Å². The number of rotatable bonds is 5. The highest BCUT2D eigenvalue weighted by molar-refractivity contribution is 5.89. The van der Waals surface area contributed by atoms with Crippen molar-refractivity contribution < 1.29 is 4.79 Å². The molecule has 1 aliphatic carbocycles. The molecule has 1 saturated carbocycles. The first-order chi connectivity index (χ1) is 9.13. The van der Waals surface area contributed by atoms with E-state index in [1.807, 2.05) is 19.9 Å². The molecule has 0 atom stereocenters. The molecular formula is C14H22N4O. The van der Waals surface area contributed by atoms with E-state index in [0.29, 0.717) is 24.2 Å². The van der Waals surface area contributed by atoms with Crippen LogP contribution in [-0.2, 0) is 4.79 Å². The predicted molar refractivity (Wildman–Crippen MR) is 76.0 cm³/mol. The maximum absolute atomic E-state index is 11.6. The van der Waals surface area contributed by atoms with Crippen molar-refractivity contribution in [2.45, 2.75) is 52.0 Å². The van der Waals surface area contributed by atoms with Crippen LogP contribution in [0.1, 0.15) is 46.0 Å². The fourth-order valence-electron chi connectivity index (χ4n) is 2.32. The Hall–Kier alpha value is -1.65. The van der Waals surface area contributed by atoms with Crippen LogP contribution < -0.4 is 10.6 Å². The fourth-order valence-corrected chi connectivity index (χ4v) is 2.32. The Kier molecular flexibility index (Phi) is 4.71. The van der Waals surface area contributed by atoms with Gasteiger partial charge in [0, 0.05) is 12.5 Å². The lowest BCUT2D eigenvalue weighted by molar-refractivity contribution is -0.116. The first-order valence-corrected chi connectivity index (χ1v) is 7.03. The van der Waals surface area contributed by atoms with Crippen LogP contribution in [-0.4, -0.2) is 22.1 Å². The Morgan fingerprint density at radius 1 is 1.26 bits per heavy atom. The quantitative estimate of drug-likeness (QED) is 0.856. The molecule has 104 valence electrons. The Bertz CT molecular complexity index is 410. The van der Waals surface area contributed by atoms with Crippen molar-refractivity contribution in [3.63, 3.8) is 0 Å². The van der Waals surface area contributed by atoms with Crippen LogP contribution in [0, 0.1) is 5.92 Å². The number of carbonyl (C=O) groups excluding carboxylic acids is 1. The summed E-state index contributed by atoms with van der Waals surface area (Å²) in [5, 5.41) is 14.2. The van der Waals surface area contributed by atoms with E-state index in [1.54, 1.807) is 6.07 Å².